The van der Waals surface area contributed by atoms with E-state index in [1.165, 1.54) is 11.8 Å². The van der Waals surface area contributed by atoms with Crippen LogP contribution in [0.25, 0.3) is 10.7 Å². The molecule has 4 heterocycles. The second-order valence-electron chi connectivity index (χ2n) is 7.24. The molecule has 0 aromatic carbocycles. The highest BCUT2D eigenvalue weighted by molar-refractivity contribution is 7.98. The number of thioether (sulfide) groups is 1. The van der Waals surface area contributed by atoms with Crippen LogP contribution in [0.2, 0.25) is 0 Å². The summed E-state index contributed by atoms with van der Waals surface area (Å²) < 4.78 is 0. The summed E-state index contributed by atoms with van der Waals surface area (Å²) in [5.74, 6) is 0.811. The van der Waals surface area contributed by atoms with Crippen LogP contribution in [0.5, 0.6) is 0 Å². The summed E-state index contributed by atoms with van der Waals surface area (Å²) in [5, 5.41) is 5.67. The van der Waals surface area contributed by atoms with E-state index >= 15 is 0 Å². The highest BCUT2D eigenvalue weighted by Gasteiger charge is 2.42. The third-order valence-electron chi connectivity index (χ3n) is 5.51. The lowest BCUT2D eigenvalue weighted by atomic mass is 9.77. The quantitative estimate of drug-likeness (QED) is 0.631. The van der Waals surface area contributed by atoms with Crippen molar-refractivity contribution in [1.29, 1.82) is 0 Å². The van der Waals surface area contributed by atoms with E-state index in [1.54, 1.807) is 11.3 Å². The second-order valence-corrected chi connectivity index (χ2v) is 8.98. The van der Waals surface area contributed by atoms with E-state index in [0.717, 1.165) is 35.0 Å². The van der Waals surface area contributed by atoms with E-state index in [2.05, 4.69) is 15.3 Å². The maximum Gasteiger partial charge on any atom is 0.258 e. The summed E-state index contributed by atoms with van der Waals surface area (Å²) in [5.41, 5.74) is 1.37. The van der Waals surface area contributed by atoms with Gasteiger partial charge in [-0.2, -0.15) is 0 Å². The monoisotopic (exact) mass is 402 g/mol. The van der Waals surface area contributed by atoms with Crippen molar-refractivity contribution in [2.45, 2.75) is 31.2 Å². The van der Waals surface area contributed by atoms with Crippen molar-refractivity contribution in [3.05, 3.63) is 28.8 Å². The summed E-state index contributed by atoms with van der Waals surface area (Å²) in [4.78, 5) is 37.0. The summed E-state index contributed by atoms with van der Waals surface area (Å²) >= 11 is 3.08. The number of likely N-dealkylation sites (tertiary alicyclic amines) is 1. The molecular formula is C19H22N4O2S2. The number of rotatable bonds is 3. The molecule has 0 unspecified atom stereocenters. The predicted molar refractivity (Wildman–Crippen MR) is 107 cm³/mol. The first-order valence-corrected chi connectivity index (χ1v) is 11.1. The molecule has 2 aromatic rings. The molecule has 4 rings (SSSR count). The van der Waals surface area contributed by atoms with Crippen molar-refractivity contribution in [1.82, 2.24) is 20.2 Å². The molecule has 2 aromatic heterocycles. The van der Waals surface area contributed by atoms with Crippen molar-refractivity contribution in [2.24, 2.45) is 5.41 Å². The number of hydrogen-bond donors (Lipinski definition) is 1. The number of amides is 2. The lowest BCUT2D eigenvalue weighted by Gasteiger charge is -2.38. The highest BCUT2D eigenvalue weighted by Crippen LogP contribution is 2.38. The Morgan fingerprint density at radius 3 is 2.70 bits per heavy atom. The minimum Gasteiger partial charge on any atom is -0.356 e. The fourth-order valence-corrected chi connectivity index (χ4v) is 5.18. The number of thiophene rings is 1. The molecule has 0 saturated carbocycles. The van der Waals surface area contributed by atoms with E-state index in [4.69, 9.17) is 0 Å². The van der Waals surface area contributed by atoms with Gasteiger partial charge in [0.1, 0.15) is 5.03 Å². The first kappa shape index (κ1) is 18.4. The van der Waals surface area contributed by atoms with Gasteiger partial charge in [0.2, 0.25) is 5.91 Å². The van der Waals surface area contributed by atoms with Gasteiger partial charge in [0.15, 0.2) is 5.82 Å². The molecule has 1 spiro atoms. The first-order valence-electron chi connectivity index (χ1n) is 9.04. The van der Waals surface area contributed by atoms with Crippen LogP contribution in [0.1, 0.15) is 35.3 Å². The number of nitrogens with one attached hydrogen (secondary N) is 1. The average Bonchev–Trinajstić information content (AvgIpc) is 3.32. The fraction of sp³-hybridized carbons (Fsp3) is 0.474. The van der Waals surface area contributed by atoms with Gasteiger partial charge in [-0.3, -0.25) is 9.59 Å². The predicted octanol–water partition coefficient (Wildman–Crippen LogP) is 2.98. The number of piperidine rings is 1. The van der Waals surface area contributed by atoms with Crippen molar-refractivity contribution in [3.63, 3.8) is 0 Å². The minimum absolute atomic E-state index is 0.00159. The molecule has 2 aliphatic heterocycles. The number of aromatic nitrogens is 2. The Labute approximate surface area is 166 Å². The molecule has 2 saturated heterocycles. The molecule has 0 radical (unpaired) electrons. The van der Waals surface area contributed by atoms with Crippen LogP contribution in [0.15, 0.2) is 22.5 Å². The second kappa shape index (κ2) is 7.24. The standard InChI is InChI=1S/C19H22N4O2S2/c1-12-15(17(26-2)22-16(21-12)13-4-3-9-27-13)18(25)23-7-5-19(6-8-23)10-14(24)20-11-19/h3-4,9H,5-8,10-11H2,1-2H3,(H,20,24). The van der Waals surface area contributed by atoms with E-state index in [0.29, 0.717) is 30.9 Å². The largest absolute Gasteiger partial charge is 0.356 e. The molecule has 6 nitrogen and oxygen atoms in total. The molecule has 27 heavy (non-hydrogen) atoms. The van der Waals surface area contributed by atoms with E-state index in [9.17, 15) is 9.59 Å². The van der Waals surface area contributed by atoms with Crippen LogP contribution in [0.3, 0.4) is 0 Å². The van der Waals surface area contributed by atoms with Crippen LogP contribution in [-0.4, -0.2) is 52.6 Å². The third-order valence-corrected chi connectivity index (χ3v) is 7.06. The smallest absolute Gasteiger partial charge is 0.258 e. The Balaban J connectivity index is 1.56. The van der Waals surface area contributed by atoms with Gasteiger partial charge in [-0.05, 0) is 42.9 Å². The SMILES string of the molecule is CSc1nc(-c2cccs2)nc(C)c1C(=O)N1CCC2(CC1)CNC(=O)C2. The van der Waals surface area contributed by atoms with Crippen molar-refractivity contribution < 1.29 is 9.59 Å². The Bertz CT molecular complexity index is 874. The van der Waals surface area contributed by atoms with Gasteiger partial charge < -0.3 is 10.2 Å². The first-order chi connectivity index (χ1) is 13.0. The van der Waals surface area contributed by atoms with Crippen LogP contribution in [0, 0.1) is 12.3 Å². The van der Waals surface area contributed by atoms with Crippen LogP contribution in [0.4, 0.5) is 0 Å². The van der Waals surface area contributed by atoms with Gasteiger partial charge in [-0.15, -0.1) is 23.1 Å². The molecule has 2 fully saturated rings. The zero-order chi connectivity index (χ0) is 19.0. The lowest BCUT2D eigenvalue weighted by Crippen LogP contribution is -2.44. The van der Waals surface area contributed by atoms with Gasteiger partial charge >= 0.3 is 0 Å². The number of carbonyl (C=O) groups is 2. The zero-order valence-electron chi connectivity index (χ0n) is 15.4. The molecule has 8 heteroatoms. The number of nitrogens with zero attached hydrogens (tertiary/aromatic N) is 3. The Morgan fingerprint density at radius 1 is 1.33 bits per heavy atom. The average molecular weight is 403 g/mol. The van der Waals surface area contributed by atoms with E-state index in [1.807, 2.05) is 35.6 Å². The summed E-state index contributed by atoms with van der Waals surface area (Å²) in [7, 11) is 0. The summed E-state index contributed by atoms with van der Waals surface area (Å²) in [6, 6.07) is 3.97. The minimum atomic E-state index is 0.00159. The maximum absolute atomic E-state index is 13.2. The zero-order valence-corrected chi connectivity index (χ0v) is 17.1. The Kier molecular flexibility index (Phi) is 4.94. The Hall–Kier alpha value is -1.93. The van der Waals surface area contributed by atoms with E-state index in [-0.39, 0.29) is 17.2 Å². The Morgan fingerprint density at radius 2 is 2.11 bits per heavy atom. The van der Waals surface area contributed by atoms with Gasteiger partial charge in [0.25, 0.3) is 5.91 Å². The highest BCUT2D eigenvalue weighted by atomic mass is 32.2. The molecular weight excluding hydrogens is 380 g/mol. The van der Waals surface area contributed by atoms with Crippen molar-refractivity contribution in [3.8, 4) is 10.7 Å². The molecule has 0 aliphatic carbocycles. The normalized spacial score (nSPS) is 18.7. The fourth-order valence-electron chi connectivity index (χ4n) is 3.90. The molecule has 1 N–H and O–H groups in total. The number of carbonyl (C=O) groups excluding carboxylic acids is 2. The summed E-state index contributed by atoms with van der Waals surface area (Å²) in [6.07, 6.45) is 4.25. The van der Waals surface area contributed by atoms with Gasteiger partial charge in [0.05, 0.1) is 16.1 Å². The third kappa shape index (κ3) is 3.48. The molecule has 0 bridgehead atoms. The topological polar surface area (TPSA) is 75.2 Å². The number of hydrogen-bond acceptors (Lipinski definition) is 6. The van der Waals surface area contributed by atoms with Crippen LogP contribution < -0.4 is 5.32 Å². The molecule has 2 amide bonds. The van der Waals surface area contributed by atoms with Gasteiger partial charge in [-0.25, -0.2) is 9.97 Å². The van der Waals surface area contributed by atoms with Gasteiger partial charge in [-0.1, -0.05) is 6.07 Å². The molecule has 2 aliphatic rings. The van der Waals surface area contributed by atoms with Crippen LogP contribution >= 0.6 is 23.1 Å². The maximum atomic E-state index is 13.2. The number of aryl methyl sites for hydroxylation is 1. The van der Waals surface area contributed by atoms with Crippen LogP contribution in [-0.2, 0) is 4.79 Å². The van der Waals surface area contributed by atoms with E-state index < -0.39 is 0 Å². The van der Waals surface area contributed by atoms with Crippen molar-refractivity contribution >= 4 is 34.9 Å². The molecule has 142 valence electrons. The van der Waals surface area contributed by atoms with Gasteiger partial charge in [0, 0.05) is 26.1 Å². The molecule has 0 atom stereocenters. The summed E-state index contributed by atoms with van der Waals surface area (Å²) in [6.45, 7) is 3.97. The lowest BCUT2D eigenvalue weighted by molar-refractivity contribution is -0.119. The van der Waals surface area contributed by atoms with Crippen molar-refractivity contribution in [2.75, 3.05) is 25.9 Å².